The molecule has 0 bridgehead atoms. The predicted octanol–water partition coefficient (Wildman–Crippen LogP) is 2.58. The lowest BCUT2D eigenvalue weighted by Crippen LogP contribution is -2.24. The Morgan fingerprint density at radius 3 is 3.00 bits per heavy atom. The molecular formula is C19H23N7O2. The largest absolute Gasteiger partial charge is 0.290 e. The van der Waals surface area contributed by atoms with Gasteiger partial charge >= 0.3 is 0 Å². The average molecular weight is 381 g/mol. The quantitative estimate of drug-likeness (QED) is 0.700. The molecule has 1 saturated heterocycles. The number of benzene rings is 1. The molecule has 1 N–H and O–H groups in total. The van der Waals surface area contributed by atoms with Crippen LogP contribution in [0.1, 0.15) is 53.1 Å². The van der Waals surface area contributed by atoms with Crippen molar-refractivity contribution in [3.8, 4) is 0 Å². The fourth-order valence-electron chi connectivity index (χ4n) is 3.59. The lowest BCUT2D eigenvalue weighted by atomic mass is 10.1. The second-order valence-corrected chi connectivity index (χ2v) is 6.94. The normalized spacial score (nSPS) is 17.1. The van der Waals surface area contributed by atoms with E-state index in [9.17, 15) is 4.79 Å². The van der Waals surface area contributed by atoms with Crippen LogP contribution in [-0.4, -0.2) is 42.4 Å². The molecule has 1 atom stereocenters. The Morgan fingerprint density at radius 2 is 2.25 bits per heavy atom. The van der Waals surface area contributed by atoms with Crippen molar-refractivity contribution in [2.75, 3.05) is 11.9 Å². The van der Waals surface area contributed by atoms with Gasteiger partial charge < -0.3 is 0 Å². The molecule has 3 heterocycles. The summed E-state index contributed by atoms with van der Waals surface area (Å²) in [6, 6.07) is 7.84. The molecule has 28 heavy (non-hydrogen) atoms. The molecule has 3 aromatic rings. The van der Waals surface area contributed by atoms with E-state index in [1.807, 2.05) is 32.0 Å². The Bertz CT molecular complexity index is 965. The van der Waals surface area contributed by atoms with Crippen LogP contribution in [0.2, 0.25) is 0 Å². The molecule has 1 aromatic carbocycles. The highest BCUT2D eigenvalue weighted by atomic mass is 16.6. The Hall–Kier alpha value is -3.07. The van der Waals surface area contributed by atoms with E-state index in [0.29, 0.717) is 18.1 Å². The lowest BCUT2D eigenvalue weighted by molar-refractivity contribution is 0.102. The highest BCUT2D eigenvalue weighted by Gasteiger charge is 2.30. The van der Waals surface area contributed by atoms with E-state index >= 15 is 0 Å². The summed E-state index contributed by atoms with van der Waals surface area (Å²) in [5.74, 6) is 0.0936. The molecule has 1 fully saturated rings. The van der Waals surface area contributed by atoms with Crippen LogP contribution in [0, 0.1) is 6.92 Å². The minimum Gasteiger partial charge on any atom is -0.290 e. The molecule has 9 heteroatoms. The van der Waals surface area contributed by atoms with Gasteiger partial charge in [-0.05, 0) is 50.9 Å². The van der Waals surface area contributed by atoms with Gasteiger partial charge in [-0.15, -0.1) is 5.10 Å². The highest BCUT2D eigenvalue weighted by molar-refractivity contribution is 6.03. The SMILES string of the molecule is CCn1cnc(NC(=O)c2cccc(CN3CCC[C@H]3c3nonc3C)c2)n1. The second-order valence-electron chi connectivity index (χ2n) is 6.94. The van der Waals surface area contributed by atoms with Gasteiger partial charge in [0.25, 0.3) is 5.91 Å². The van der Waals surface area contributed by atoms with E-state index in [4.69, 9.17) is 4.63 Å². The number of aromatic nitrogens is 5. The van der Waals surface area contributed by atoms with Crippen LogP contribution in [0.3, 0.4) is 0 Å². The van der Waals surface area contributed by atoms with Gasteiger partial charge in [0, 0.05) is 18.7 Å². The number of rotatable bonds is 6. The Labute approximate surface area is 162 Å². The molecule has 0 saturated carbocycles. The zero-order chi connectivity index (χ0) is 19.5. The highest BCUT2D eigenvalue weighted by Crippen LogP contribution is 2.33. The summed E-state index contributed by atoms with van der Waals surface area (Å²) in [7, 11) is 0. The number of aryl methyl sites for hydroxylation is 2. The van der Waals surface area contributed by atoms with Gasteiger partial charge in [-0.3, -0.25) is 19.7 Å². The first-order valence-corrected chi connectivity index (χ1v) is 9.47. The fourth-order valence-corrected chi connectivity index (χ4v) is 3.59. The van der Waals surface area contributed by atoms with Crippen molar-refractivity contribution < 1.29 is 9.42 Å². The van der Waals surface area contributed by atoms with Gasteiger partial charge in [0.1, 0.15) is 17.7 Å². The van der Waals surface area contributed by atoms with E-state index in [1.54, 1.807) is 17.1 Å². The van der Waals surface area contributed by atoms with Crippen molar-refractivity contribution >= 4 is 11.9 Å². The standard InChI is InChI=1S/C19H23N7O2/c1-3-26-12-20-19(22-26)21-18(27)15-7-4-6-14(10-15)11-25-9-5-8-16(25)17-13(2)23-28-24-17/h4,6-7,10,12,16H,3,5,8-9,11H2,1-2H3,(H,21,22,27)/t16-/m0/s1. The molecule has 1 aliphatic heterocycles. The van der Waals surface area contributed by atoms with Gasteiger partial charge in [-0.1, -0.05) is 22.4 Å². The molecule has 0 radical (unpaired) electrons. The molecule has 0 spiro atoms. The van der Waals surface area contributed by atoms with Crippen LogP contribution in [-0.2, 0) is 13.1 Å². The minimum absolute atomic E-state index is 0.200. The summed E-state index contributed by atoms with van der Waals surface area (Å²) < 4.78 is 6.55. The number of amides is 1. The Morgan fingerprint density at radius 1 is 1.36 bits per heavy atom. The Balaban J connectivity index is 1.46. The maximum Gasteiger partial charge on any atom is 0.258 e. The zero-order valence-corrected chi connectivity index (χ0v) is 16.0. The number of hydrogen-bond donors (Lipinski definition) is 1. The number of hydrogen-bond acceptors (Lipinski definition) is 7. The number of anilines is 1. The summed E-state index contributed by atoms with van der Waals surface area (Å²) >= 11 is 0. The van der Waals surface area contributed by atoms with Crippen LogP contribution in [0.25, 0.3) is 0 Å². The molecule has 146 valence electrons. The summed E-state index contributed by atoms with van der Waals surface area (Å²) in [6.45, 7) is 6.30. The van der Waals surface area contributed by atoms with Gasteiger partial charge in [0.15, 0.2) is 0 Å². The van der Waals surface area contributed by atoms with Gasteiger partial charge in [-0.2, -0.15) is 0 Å². The van der Waals surface area contributed by atoms with E-state index in [-0.39, 0.29) is 11.9 Å². The van der Waals surface area contributed by atoms with Crippen molar-refractivity contribution in [2.24, 2.45) is 0 Å². The van der Waals surface area contributed by atoms with Crippen LogP contribution >= 0.6 is 0 Å². The first-order chi connectivity index (χ1) is 13.6. The zero-order valence-electron chi connectivity index (χ0n) is 16.0. The summed E-state index contributed by atoms with van der Waals surface area (Å²) in [6.07, 6.45) is 3.73. The Kier molecular flexibility index (Phi) is 5.16. The van der Waals surface area contributed by atoms with Crippen LogP contribution < -0.4 is 5.32 Å². The third-order valence-electron chi connectivity index (χ3n) is 5.03. The second kappa shape index (κ2) is 7.89. The average Bonchev–Trinajstić information content (AvgIpc) is 3.43. The summed E-state index contributed by atoms with van der Waals surface area (Å²) in [5, 5.41) is 14.9. The van der Waals surface area contributed by atoms with E-state index < -0.39 is 0 Å². The number of carbonyl (C=O) groups excluding carboxylic acids is 1. The first-order valence-electron chi connectivity index (χ1n) is 9.47. The summed E-state index contributed by atoms with van der Waals surface area (Å²) in [4.78, 5) is 19.0. The smallest absolute Gasteiger partial charge is 0.258 e. The molecule has 0 aliphatic carbocycles. The van der Waals surface area contributed by atoms with Crippen LogP contribution in [0.4, 0.5) is 5.95 Å². The van der Waals surface area contributed by atoms with Crippen molar-refractivity contribution in [2.45, 2.75) is 45.8 Å². The maximum absolute atomic E-state index is 12.6. The lowest BCUT2D eigenvalue weighted by Gasteiger charge is -2.23. The van der Waals surface area contributed by atoms with E-state index in [2.05, 4.69) is 30.6 Å². The topological polar surface area (TPSA) is 102 Å². The molecule has 0 unspecified atom stereocenters. The third-order valence-corrected chi connectivity index (χ3v) is 5.03. The maximum atomic E-state index is 12.6. The number of nitrogens with zero attached hydrogens (tertiary/aromatic N) is 6. The van der Waals surface area contributed by atoms with Crippen molar-refractivity contribution in [3.63, 3.8) is 0 Å². The van der Waals surface area contributed by atoms with Gasteiger partial charge in [0.2, 0.25) is 5.95 Å². The number of likely N-dealkylation sites (tertiary alicyclic amines) is 1. The fraction of sp³-hybridized carbons (Fsp3) is 0.421. The van der Waals surface area contributed by atoms with Crippen LogP contribution in [0.5, 0.6) is 0 Å². The van der Waals surface area contributed by atoms with Crippen LogP contribution in [0.15, 0.2) is 35.2 Å². The number of nitrogens with one attached hydrogen (secondary N) is 1. The monoisotopic (exact) mass is 381 g/mol. The molecule has 1 aliphatic rings. The molecule has 9 nitrogen and oxygen atoms in total. The molecule has 4 rings (SSSR count). The minimum atomic E-state index is -0.217. The molecule has 1 amide bonds. The third kappa shape index (κ3) is 3.79. The van der Waals surface area contributed by atoms with E-state index in [1.165, 1.54) is 0 Å². The van der Waals surface area contributed by atoms with Gasteiger partial charge in [-0.25, -0.2) is 9.61 Å². The summed E-state index contributed by atoms with van der Waals surface area (Å²) in [5.41, 5.74) is 3.40. The van der Waals surface area contributed by atoms with Crippen molar-refractivity contribution in [1.29, 1.82) is 0 Å². The van der Waals surface area contributed by atoms with Crippen molar-refractivity contribution in [3.05, 3.63) is 53.1 Å². The van der Waals surface area contributed by atoms with E-state index in [0.717, 1.165) is 42.9 Å². The van der Waals surface area contributed by atoms with Gasteiger partial charge in [0.05, 0.1) is 6.04 Å². The first kappa shape index (κ1) is 18.3. The predicted molar refractivity (Wildman–Crippen MR) is 102 cm³/mol. The molecular weight excluding hydrogens is 358 g/mol. The van der Waals surface area contributed by atoms with Crippen molar-refractivity contribution in [1.82, 2.24) is 30.0 Å². The molecule has 2 aromatic heterocycles. The number of carbonyl (C=O) groups is 1.